The van der Waals surface area contributed by atoms with Crippen LogP contribution in [0.15, 0.2) is 60.7 Å². The number of methoxy groups -OCH3 is 1. The molecular formula is C23H21N3O4. The molecule has 7 heteroatoms. The van der Waals surface area contributed by atoms with E-state index in [1.807, 2.05) is 13.0 Å². The molecule has 152 valence electrons. The summed E-state index contributed by atoms with van der Waals surface area (Å²) in [7, 11) is 1.46. The molecule has 0 unspecified atom stereocenters. The first kappa shape index (κ1) is 20.6. The van der Waals surface area contributed by atoms with E-state index in [-0.39, 0.29) is 17.3 Å². The van der Waals surface area contributed by atoms with Crippen molar-refractivity contribution in [2.75, 3.05) is 12.4 Å². The number of hydrogen-bond donors (Lipinski definition) is 4. The van der Waals surface area contributed by atoms with Crippen LogP contribution >= 0.6 is 0 Å². The van der Waals surface area contributed by atoms with E-state index in [0.29, 0.717) is 33.7 Å². The molecule has 0 aliphatic rings. The Morgan fingerprint density at radius 3 is 2.20 bits per heavy atom. The van der Waals surface area contributed by atoms with Gasteiger partial charge < -0.3 is 20.9 Å². The first-order chi connectivity index (χ1) is 14.3. The monoisotopic (exact) mass is 403 g/mol. The number of ether oxygens (including phenoxy) is 1. The second kappa shape index (κ2) is 8.48. The fourth-order valence-corrected chi connectivity index (χ4v) is 3.07. The Balaban J connectivity index is 2.03. The number of carbonyl (C=O) groups is 2. The van der Waals surface area contributed by atoms with E-state index in [1.165, 1.54) is 13.2 Å². The highest BCUT2D eigenvalue weighted by Gasteiger charge is 2.19. The number of rotatable bonds is 6. The van der Waals surface area contributed by atoms with Crippen molar-refractivity contribution in [3.05, 3.63) is 82.9 Å². The topological polar surface area (TPSA) is 126 Å². The maximum Gasteiger partial charge on any atom is 0.336 e. The van der Waals surface area contributed by atoms with E-state index in [2.05, 4.69) is 5.32 Å². The van der Waals surface area contributed by atoms with Crippen molar-refractivity contribution in [1.29, 1.82) is 5.41 Å². The van der Waals surface area contributed by atoms with Gasteiger partial charge in [0.2, 0.25) is 0 Å². The molecule has 3 aromatic carbocycles. The number of nitrogens with one attached hydrogen (secondary N) is 2. The molecule has 0 fully saturated rings. The van der Waals surface area contributed by atoms with E-state index in [4.69, 9.17) is 15.9 Å². The van der Waals surface area contributed by atoms with Gasteiger partial charge in [-0.15, -0.1) is 0 Å². The standard InChI is InChI=1S/C23H21N3O4/c1-13-3-9-17(18-10-8-16(30-2)12-20(18)23(28)29)19(11-13)22(27)26-15-6-4-14(5-7-15)21(24)25/h3-12H,1-2H3,(H3,24,25)(H,26,27)(H,28,29). The van der Waals surface area contributed by atoms with Crippen molar-refractivity contribution >= 4 is 23.4 Å². The maximum absolute atomic E-state index is 13.0. The summed E-state index contributed by atoms with van der Waals surface area (Å²) < 4.78 is 5.13. The number of amidine groups is 1. The zero-order valence-electron chi connectivity index (χ0n) is 16.5. The van der Waals surface area contributed by atoms with Gasteiger partial charge in [0.05, 0.1) is 12.7 Å². The van der Waals surface area contributed by atoms with Crippen molar-refractivity contribution in [2.45, 2.75) is 6.92 Å². The van der Waals surface area contributed by atoms with Crippen LogP contribution in [0, 0.1) is 12.3 Å². The molecule has 0 bridgehead atoms. The number of aromatic carboxylic acids is 1. The lowest BCUT2D eigenvalue weighted by Gasteiger charge is -2.14. The lowest BCUT2D eigenvalue weighted by Crippen LogP contribution is -2.15. The average Bonchev–Trinajstić information content (AvgIpc) is 2.73. The van der Waals surface area contributed by atoms with E-state index < -0.39 is 5.97 Å². The molecule has 0 radical (unpaired) electrons. The van der Waals surface area contributed by atoms with Gasteiger partial charge in [-0.3, -0.25) is 10.2 Å². The third-order valence-corrected chi connectivity index (χ3v) is 4.62. The number of anilines is 1. The predicted octanol–water partition coefficient (Wildman–Crippen LogP) is 3.91. The molecular weight excluding hydrogens is 382 g/mol. The quantitative estimate of drug-likeness (QED) is 0.367. The largest absolute Gasteiger partial charge is 0.497 e. The molecule has 0 aliphatic carbocycles. The summed E-state index contributed by atoms with van der Waals surface area (Å²) in [6, 6.07) is 16.6. The van der Waals surface area contributed by atoms with E-state index in [0.717, 1.165) is 5.56 Å². The van der Waals surface area contributed by atoms with Crippen LogP contribution in [-0.4, -0.2) is 29.9 Å². The van der Waals surface area contributed by atoms with Crippen molar-refractivity contribution < 1.29 is 19.4 Å². The molecule has 0 atom stereocenters. The number of aryl methyl sites for hydroxylation is 1. The highest BCUT2D eigenvalue weighted by Crippen LogP contribution is 2.31. The van der Waals surface area contributed by atoms with Gasteiger partial charge in [0.15, 0.2) is 0 Å². The Labute approximate surface area is 173 Å². The van der Waals surface area contributed by atoms with Crippen LogP contribution in [-0.2, 0) is 0 Å². The summed E-state index contributed by atoms with van der Waals surface area (Å²) >= 11 is 0. The minimum absolute atomic E-state index is 0.0399. The van der Waals surface area contributed by atoms with Crippen LogP contribution in [0.1, 0.15) is 31.8 Å². The number of carboxylic acids is 1. The van der Waals surface area contributed by atoms with Crippen molar-refractivity contribution in [3.63, 3.8) is 0 Å². The van der Waals surface area contributed by atoms with Crippen LogP contribution < -0.4 is 15.8 Å². The van der Waals surface area contributed by atoms with E-state index >= 15 is 0 Å². The average molecular weight is 403 g/mol. The molecule has 3 rings (SSSR count). The molecule has 3 aromatic rings. The van der Waals surface area contributed by atoms with Gasteiger partial charge in [-0.05, 0) is 66.6 Å². The Bertz CT molecular complexity index is 1140. The summed E-state index contributed by atoms with van der Waals surface area (Å²) in [6.07, 6.45) is 0. The van der Waals surface area contributed by atoms with E-state index in [1.54, 1.807) is 48.5 Å². The molecule has 0 saturated carbocycles. The second-order valence-electron chi connectivity index (χ2n) is 6.71. The summed E-state index contributed by atoms with van der Waals surface area (Å²) in [5.41, 5.74) is 8.70. The summed E-state index contributed by atoms with van der Waals surface area (Å²) in [6.45, 7) is 1.86. The minimum Gasteiger partial charge on any atom is -0.497 e. The van der Waals surface area contributed by atoms with Crippen LogP contribution in [0.2, 0.25) is 0 Å². The van der Waals surface area contributed by atoms with Gasteiger partial charge in [-0.2, -0.15) is 0 Å². The number of carboxylic acid groups (broad SMARTS) is 1. The normalized spacial score (nSPS) is 10.3. The molecule has 0 heterocycles. The van der Waals surface area contributed by atoms with Gasteiger partial charge >= 0.3 is 5.97 Å². The number of carbonyl (C=O) groups excluding carboxylic acids is 1. The zero-order valence-corrected chi connectivity index (χ0v) is 16.5. The Morgan fingerprint density at radius 1 is 0.967 bits per heavy atom. The smallest absolute Gasteiger partial charge is 0.336 e. The number of benzene rings is 3. The van der Waals surface area contributed by atoms with Gasteiger partial charge in [-0.25, -0.2) is 4.79 Å². The fraction of sp³-hybridized carbons (Fsp3) is 0.0870. The highest BCUT2D eigenvalue weighted by molar-refractivity contribution is 6.10. The molecule has 5 N–H and O–H groups in total. The van der Waals surface area contributed by atoms with Gasteiger partial charge in [0.25, 0.3) is 5.91 Å². The summed E-state index contributed by atoms with van der Waals surface area (Å²) in [5, 5.41) is 19.9. The molecule has 0 aliphatic heterocycles. The third-order valence-electron chi connectivity index (χ3n) is 4.62. The van der Waals surface area contributed by atoms with Gasteiger partial charge in [0, 0.05) is 16.8 Å². The fourth-order valence-electron chi connectivity index (χ4n) is 3.07. The van der Waals surface area contributed by atoms with E-state index in [9.17, 15) is 14.7 Å². The Kier molecular flexibility index (Phi) is 5.83. The van der Waals surface area contributed by atoms with Crippen LogP contribution in [0.25, 0.3) is 11.1 Å². The zero-order chi connectivity index (χ0) is 21.8. The van der Waals surface area contributed by atoms with Crippen molar-refractivity contribution in [2.24, 2.45) is 5.73 Å². The van der Waals surface area contributed by atoms with Crippen LogP contribution in [0.3, 0.4) is 0 Å². The van der Waals surface area contributed by atoms with Crippen LogP contribution in [0.4, 0.5) is 5.69 Å². The van der Waals surface area contributed by atoms with Gasteiger partial charge in [-0.1, -0.05) is 17.7 Å². The second-order valence-corrected chi connectivity index (χ2v) is 6.71. The van der Waals surface area contributed by atoms with Crippen molar-refractivity contribution in [3.8, 4) is 16.9 Å². The molecule has 30 heavy (non-hydrogen) atoms. The lowest BCUT2D eigenvalue weighted by atomic mass is 9.93. The first-order valence-electron chi connectivity index (χ1n) is 9.08. The number of nitrogen functional groups attached to an aromatic ring is 1. The number of hydrogen-bond acceptors (Lipinski definition) is 4. The first-order valence-corrected chi connectivity index (χ1v) is 9.08. The lowest BCUT2D eigenvalue weighted by molar-refractivity contribution is 0.0697. The summed E-state index contributed by atoms with van der Waals surface area (Å²) in [4.78, 5) is 24.8. The van der Waals surface area contributed by atoms with Crippen LogP contribution in [0.5, 0.6) is 5.75 Å². The SMILES string of the molecule is COc1ccc(-c2ccc(C)cc2C(=O)Nc2ccc(C(=N)N)cc2)c(C(=O)O)c1. The Morgan fingerprint density at radius 2 is 1.60 bits per heavy atom. The molecule has 0 saturated heterocycles. The summed E-state index contributed by atoms with van der Waals surface area (Å²) in [5.74, 6) is -1.14. The van der Waals surface area contributed by atoms with Gasteiger partial charge in [0.1, 0.15) is 11.6 Å². The molecule has 0 spiro atoms. The number of amides is 1. The predicted molar refractivity (Wildman–Crippen MR) is 116 cm³/mol. The molecule has 7 nitrogen and oxygen atoms in total. The Hall–Kier alpha value is -4.13. The third kappa shape index (κ3) is 4.30. The van der Waals surface area contributed by atoms with Crippen molar-refractivity contribution in [1.82, 2.24) is 0 Å². The maximum atomic E-state index is 13.0. The molecule has 0 aromatic heterocycles. The minimum atomic E-state index is -1.12. The number of nitrogens with two attached hydrogens (primary N) is 1. The molecule has 1 amide bonds. The highest BCUT2D eigenvalue weighted by atomic mass is 16.5.